The third-order valence-corrected chi connectivity index (χ3v) is 3.90. The maximum atomic E-state index is 9.31. The van der Waals surface area contributed by atoms with Crippen molar-refractivity contribution in [2.24, 2.45) is 0 Å². The second-order valence-corrected chi connectivity index (χ2v) is 5.59. The van der Waals surface area contributed by atoms with E-state index >= 15 is 0 Å². The molecule has 2 heterocycles. The second-order valence-electron chi connectivity index (χ2n) is 4.75. The van der Waals surface area contributed by atoms with Gasteiger partial charge in [-0.2, -0.15) is 5.26 Å². The van der Waals surface area contributed by atoms with Gasteiger partial charge in [0, 0.05) is 16.8 Å². The van der Waals surface area contributed by atoms with E-state index in [0.29, 0.717) is 10.0 Å². The van der Waals surface area contributed by atoms with Crippen LogP contribution in [0.1, 0.15) is 18.5 Å². The van der Waals surface area contributed by atoms with Gasteiger partial charge in [0.2, 0.25) is 0 Å². The zero-order valence-corrected chi connectivity index (χ0v) is 12.7. The number of hydrogen-bond acceptors (Lipinski definition) is 2. The molecule has 3 nitrogen and oxygen atoms in total. The van der Waals surface area contributed by atoms with Crippen LogP contribution in [-0.2, 0) is 0 Å². The van der Waals surface area contributed by atoms with Gasteiger partial charge < -0.3 is 4.40 Å². The van der Waals surface area contributed by atoms with Crippen LogP contribution in [0.4, 0.5) is 0 Å². The summed E-state index contributed by atoms with van der Waals surface area (Å²) in [7, 11) is 0. The van der Waals surface area contributed by atoms with Gasteiger partial charge in [-0.1, -0.05) is 29.3 Å². The molecule has 0 aliphatic rings. The lowest BCUT2D eigenvalue weighted by atomic mass is 10.0. The number of rotatable bonds is 2. The maximum Gasteiger partial charge on any atom is 0.137 e. The fraction of sp³-hybridized carbons (Fsp3) is 0.125. The van der Waals surface area contributed by atoms with E-state index in [1.807, 2.05) is 41.8 Å². The highest BCUT2D eigenvalue weighted by molar-refractivity contribution is 6.36. The molecule has 104 valence electrons. The Morgan fingerprint density at radius 1 is 1.24 bits per heavy atom. The van der Waals surface area contributed by atoms with E-state index in [4.69, 9.17) is 23.2 Å². The first-order chi connectivity index (χ1) is 10.1. The molecule has 1 atom stereocenters. The van der Waals surface area contributed by atoms with E-state index in [9.17, 15) is 5.26 Å². The van der Waals surface area contributed by atoms with Gasteiger partial charge in [0.15, 0.2) is 0 Å². The summed E-state index contributed by atoms with van der Waals surface area (Å²) in [6, 6.07) is 13.3. The van der Waals surface area contributed by atoms with Crippen LogP contribution in [0.2, 0.25) is 10.0 Å². The smallest absolute Gasteiger partial charge is 0.137 e. The van der Waals surface area contributed by atoms with Crippen LogP contribution < -0.4 is 0 Å². The van der Waals surface area contributed by atoms with Gasteiger partial charge in [0.25, 0.3) is 0 Å². The van der Waals surface area contributed by atoms with Gasteiger partial charge in [-0.3, -0.25) is 0 Å². The molecule has 5 heteroatoms. The Kier molecular flexibility index (Phi) is 3.59. The summed E-state index contributed by atoms with van der Waals surface area (Å²) < 4.78 is 1.92. The highest BCUT2D eigenvalue weighted by atomic mass is 35.5. The molecule has 0 fully saturated rings. The second kappa shape index (κ2) is 5.40. The van der Waals surface area contributed by atoms with Crippen LogP contribution in [0, 0.1) is 11.3 Å². The molecule has 0 N–H and O–H groups in total. The quantitative estimate of drug-likeness (QED) is 0.672. The summed E-state index contributed by atoms with van der Waals surface area (Å²) in [6.45, 7) is 1.85. The number of nitrogens with zero attached hydrogens (tertiary/aromatic N) is 3. The Morgan fingerprint density at radius 3 is 2.76 bits per heavy atom. The van der Waals surface area contributed by atoms with Crippen molar-refractivity contribution in [2.75, 3.05) is 0 Å². The van der Waals surface area contributed by atoms with Gasteiger partial charge in [0.05, 0.1) is 28.4 Å². The van der Waals surface area contributed by atoms with Crippen LogP contribution in [0.25, 0.3) is 16.9 Å². The Hall–Kier alpha value is -2.02. The molecule has 3 aromatic rings. The van der Waals surface area contributed by atoms with Crippen molar-refractivity contribution in [1.29, 1.82) is 5.26 Å². The van der Waals surface area contributed by atoms with Gasteiger partial charge in [-0.05, 0) is 37.3 Å². The SMILES string of the molecule is CC(C#N)c1c(-c2ccc(Cl)cc2Cl)nc2ccccn12. The van der Waals surface area contributed by atoms with E-state index in [1.54, 1.807) is 12.1 Å². The van der Waals surface area contributed by atoms with Crippen molar-refractivity contribution in [3.63, 3.8) is 0 Å². The number of aromatic nitrogens is 2. The number of hydrogen-bond donors (Lipinski definition) is 0. The molecule has 0 spiro atoms. The Labute approximate surface area is 132 Å². The van der Waals surface area contributed by atoms with Crippen LogP contribution in [-0.4, -0.2) is 9.38 Å². The molecule has 0 amide bonds. The first kappa shape index (κ1) is 13.9. The summed E-state index contributed by atoms with van der Waals surface area (Å²) in [5.41, 5.74) is 3.12. The van der Waals surface area contributed by atoms with E-state index < -0.39 is 0 Å². The number of imidazole rings is 1. The minimum Gasteiger partial charge on any atom is -0.302 e. The number of fused-ring (bicyclic) bond motifs is 1. The third kappa shape index (κ3) is 2.37. The lowest BCUT2D eigenvalue weighted by molar-refractivity contribution is 0.900. The monoisotopic (exact) mass is 315 g/mol. The first-order valence-electron chi connectivity index (χ1n) is 6.44. The fourth-order valence-electron chi connectivity index (χ4n) is 2.37. The van der Waals surface area contributed by atoms with Crippen LogP contribution >= 0.6 is 23.2 Å². The number of pyridine rings is 1. The fourth-order valence-corrected chi connectivity index (χ4v) is 2.87. The summed E-state index contributed by atoms with van der Waals surface area (Å²) in [4.78, 5) is 4.63. The van der Waals surface area contributed by atoms with Crippen molar-refractivity contribution >= 4 is 28.8 Å². The summed E-state index contributed by atoms with van der Waals surface area (Å²) in [5.74, 6) is -0.302. The number of halogens is 2. The van der Waals surface area contributed by atoms with Crippen molar-refractivity contribution in [3.05, 3.63) is 58.3 Å². The third-order valence-electron chi connectivity index (χ3n) is 3.36. The summed E-state index contributed by atoms with van der Waals surface area (Å²) >= 11 is 12.2. The Balaban J connectivity index is 2.34. The van der Waals surface area contributed by atoms with E-state index in [-0.39, 0.29) is 5.92 Å². The molecule has 1 aromatic carbocycles. The topological polar surface area (TPSA) is 41.1 Å². The molecule has 0 aliphatic carbocycles. The minimum absolute atomic E-state index is 0.302. The van der Waals surface area contributed by atoms with E-state index in [2.05, 4.69) is 11.1 Å². The van der Waals surface area contributed by atoms with Crippen molar-refractivity contribution in [3.8, 4) is 17.3 Å². The maximum absolute atomic E-state index is 9.31. The molecule has 1 unspecified atom stereocenters. The van der Waals surface area contributed by atoms with E-state index in [0.717, 1.165) is 22.6 Å². The molecule has 0 saturated carbocycles. The van der Waals surface area contributed by atoms with Gasteiger partial charge >= 0.3 is 0 Å². The molecule has 3 rings (SSSR count). The zero-order chi connectivity index (χ0) is 15.0. The van der Waals surface area contributed by atoms with Crippen LogP contribution in [0.15, 0.2) is 42.6 Å². The number of benzene rings is 1. The molecule has 0 radical (unpaired) electrons. The van der Waals surface area contributed by atoms with Gasteiger partial charge in [-0.15, -0.1) is 0 Å². The highest BCUT2D eigenvalue weighted by Gasteiger charge is 2.20. The molecule has 2 aromatic heterocycles. The number of nitriles is 1. The predicted octanol–water partition coefficient (Wildman–Crippen LogP) is 4.94. The van der Waals surface area contributed by atoms with Gasteiger partial charge in [-0.25, -0.2) is 4.98 Å². The molecule has 0 aliphatic heterocycles. The molecular formula is C16H11Cl2N3. The van der Waals surface area contributed by atoms with Crippen molar-refractivity contribution < 1.29 is 0 Å². The summed E-state index contributed by atoms with van der Waals surface area (Å²) in [5, 5.41) is 10.4. The molecule has 21 heavy (non-hydrogen) atoms. The van der Waals surface area contributed by atoms with Crippen molar-refractivity contribution in [2.45, 2.75) is 12.8 Å². The summed E-state index contributed by atoms with van der Waals surface area (Å²) in [6.07, 6.45) is 1.90. The average Bonchev–Trinajstić information content (AvgIpc) is 2.85. The normalized spacial score (nSPS) is 12.3. The lowest BCUT2D eigenvalue weighted by Gasteiger charge is -2.08. The lowest BCUT2D eigenvalue weighted by Crippen LogP contribution is -1.98. The largest absolute Gasteiger partial charge is 0.302 e. The predicted molar refractivity (Wildman–Crippen MR) is 84.7 cm³/mol. The standard InChI is InChI=1S/C16H11Cl2N3/c1-10(9-19)16-15(12-6-5-11(17)8-13(12)18)20-14-4-2-3-7-21(14)16/h2-8,10H,1H3. The molecule has 0 saturated heterocycles. The minimum atomic E-state index is -0.302. The van der Waals surface area contributed by atoms with E-state index in [1.165, 1.54) is 0 Å². The Bertz CT molecular complexity index is 862. The zero-order valence-electron chi connectivity index (χ0n) is 11.2. The van der Waals surface area contributed by atoms with Crippen molar-refractivity contribution in [1.82, 2.24) is 9.38 Å². The highest BCUT2D eigenvalue weighted by Crippen LogP contribution is 2.35. The molecular weight excluding hydrogens is 305 g/mol. The average molecular weight is 316 g/mol. The molecule has 0 bridgehead atoms. The Morgan fingerprint density at radius 2 is 2.05 bits per heavy atom. The van der Waals surface area contributed by atoms with Crippen LogP contribution in [0.5, 0.6) is 0 Å². The first-order valence-corrected chi connectivity index (χ1v) is 7.19. The van der Waals surface area contributed by atoms with Crippen LogP contribution in [0.3, 0.4) is 0 Å². The van der Waals surface area contributed by atoms with Gasteiger partial charge in [0.1, 0.15) is 5.65 Å².